The molecule has 0 saturated carbocycles. The first-order chi connectivity index (χ1) is 6.52. The minimum atomic E-state index is -0.911. The van der Waals surface area contributed by atoms with Crippen molar-refractivity contribution < 1.29 is 19.5 Å². The maximum Gasteiger partial charge on any atom is 0.303 e. The van der Waals surface area contributed by atoms with Gasteiger partial charge in [-0.15, -0.1) is 0 Å². The third-order valence-corrected chi connectivity index (χ3v) is 3.15. The highest BCUT2D eigenvalue weighted by atomic mass is 127. The van der Waals surface area contributed by atoms with Gasteiger partial charge in [-0.05, 0) is 6.42 Å². The zero-order valence-electron chi connectivity index (χ0n) is 7.40. The topological polar surface area (TPSA) is 74.7 Å². The SMILES string of the molecule is O=C(O)CCC(I)N1C(=O)CCC1=O. The molecular formula is C8H10INO4. The number of imide groups is 1. The van der Waals surface area contributed by atoms with E-state index in [0.29, 0.717) is 6.42 Å². The Balaban J connectivity index is 2.50. The second kappa shape index (κ2) is 4.72. The summed E-state index contributed by atoms with van der Waals surface area (Å²) in [4.78, 5) is 33.9. The van der Waals surface area contributed by atoms with Crippen LogP contribution in [-0.2, 0) is 14.4 Å². The second-order valence-corrected chi connectivity index (χ2v) is 4.46. The summed E-state index contributed by atoms with van der Waals surface area (Å²) in [6.07, 6.45) is 0.800. The Morgan fingerprint density at radius 2 is 1.93 bits per heavy atom. The van der Waals surface area contributed by atoms with Crippen LogP contribution in [0, 0.1) is 0 Å². The molecule has 2 amide bonds. The van der Waals surface area contributed by atoms with Gasteiger partial charge < -0.3 is 5.11 Å². The van der Waals surface area contributed by atoms with Crippen LogP contribution in [0.25, 0.3) is 0 Å². The van der Waals surface area contributed by atoms with Gasteiger partial charge in [-0.2, -0.15) is 0 Å². The van der Waals surface area contributed by atoms with E-state index in [1.807, 2.05) is 22.6 Å². The molecule has 1 aliphatic heterocycles. The van der Waals surface area contributed by atoms with E-state index in [1.165, 1.54) is 4.90 Å². The van der Waals surface area contributed by atoms with Crippen molar-refractivity contribution in [3.63, 3.8) is 0 Å². The van der Waals surface area contributed by atoms with Gasteiger partial charge in [0.05, 0.1) is 4.05 Å². The number of hydrogen-bond acceptors (Lipinski definition) is 3. The number of halogens is 1. The average Bonchev–Trinajstić information content (AvgIpc) is 2.42. The van der Waals surface area contributed by atoms with Crippen molar-refractivity contribution in [3.8, 4) is 0 Å². The summed E-state index contributed by atoms with van der Waals surface area (Å²) in [5.41, 5.74) is 0. The van der Waals surface area contributed by atoms with E-state index < -0.39 is 5.97 Å². The molecule has 14 heavy (non-hydrogen) atoms. The van der Waals surface area contributed by atoms with Crippen molar-refractivity contribution in [2.45, 2.75) is 29.7 Å². The summed E-state index contributed by atoms with van der Waals surface area (Å²) in [6, 6.07) is 0. The van der Waals surface area contributed by atoms with Crippen LogP contribution in [-0.4, -0.2) is 31.8 Å². The van der Waals surface area contributed by atoms with E-state index in [9.17, 15) is 14.4 Å². The minimum Gasteiger partial charge on any atom is -0.481 e. The lowest BCUT2D eigenvalue weighted by molar-refractivity contribution is -0.141. The largest absolute Gasteiger partial charge is 0.481 e. The van der Waals surface area contributed by atoms with Crippen molar-refractivity contribution in [2.24, 2.45) is 0 Å². The standard InChI is InChI=1S/C8H10INO4/c9-5(1-4-8(13)14)10-6(11)2-3-7(10)12/h5H,1-4H2,(H,13,14). The Morgan fingerprint density at radius 1 is 1.43 bits per heavy atom. The molecule has 1 unspecified atom stereocenters. The Hall–Kier alpha value is -0.660. The van der Waals surface area contributed by atoms with Crippen molar-refractivity contribution in [1.29, 1.82) is 0 Å². The molecule has 6 heteroatoms. The molecule has 78 valence electrons. The molecule has 1 rings (SSSR count). The summed E-state index contributed by atoms with van der Waals surface area (Å²) < 4.78 is -0.328. The lowest BCUT2D eigenvalue weighted by Crippen LogP contribution is -2.35. The third kappa shape index (κ3) is 2.66. The molecule has 0 aromatic carbocycles. The van der Waals surface area contributed by atoms with Crippen LogP contribution in [0.5, 0.6) is 0 Å². The number of alkyl halides is 1. The van der Waals surface area contributed by atoms with Crippen molar-refractivity contribution >= 4 is 40.4 Å². The smallest absolute Gasteiger partial charge is 0.303 e. The summed E-state index contributed by atoms with van der Waals surface area (Å²) >= 11 is 1.93. The van der Waals surface area contributed by atoms with Crippen LogP contribution in [0.2, 0.25) is 0 Å². The number of rotatable bonds is 4. The van der Waals surface area contributed by atoms with Crippen LogP contribution in [0.1, 0.15) is 25.7 Å². The summed E-state index contributed by atoms with van der Waals surface area (Å²) in [7, 11) is 0. The predicted octanol–water partition coefficient (Wildman–Crippen LogP) is 0.761. The molecule has 1 atom stereocenters. The number of carbonyl (C=O) groups excluding carboxylic acids is 2. The van der Waals surface area contributed by atoms with Gasteiger partial charge in [-0.1, -0.05) is 22.6 Å². The molecule has 1 aliphatic rings. The minimum absolute atomic E-state index is 0.0231. The molecule has 0 bridgehead atoms. The number of carbonyl (C=O) groups is 3. The van der Waals surface area contributed by atoms with E-state index in [0.717, 1.165) is 0 Å². The lowest BCUT2D eigenvalue weighted by Gasteiger charge is -2.19. The van der Waals surface area contributed by atoms with Gasteiger partial charge >= 0.3 is 5.97 Å². The first kappa shape index (κ1) is 11.4. The van der Waals surface area contributed by atoms with Gasteiger partial charge in [-0.25, -0.2) is 0 Å². The van der Waals surface area contributed by atoms with Crippen molar-refractivity contribution in [2.75, 3.05) is 0 Å². The van der Waals surface area contributed by atoms with E-state index >= 15 is 0 Å². The van der Waals surface area contributed by atoms with Crippen LogP contribution in [0.4, 0.5) is 0 Å². The number of hydrogen-bond donors (Lipinski definition) is 1. The number of carboxylic acid groups (broad SMARTS) is 1. The van der Waals surface area contributed by atoms with Crippen LogP contribution in [0.3, 0.4) is 0 Å². The first-order valence-corrected chi connectivity index (χ1v) is 5.47. The first-order valence-electron chi connectivity index (χ1n) is 4.23. The number of amides is 2. The number of likely N-dealkylation sites (tertiary alicyclic amines) is 1. The van der Waals surface area contributed by atoms with Gasteiger partial charge in [0.1, 0.15) is 0 Å². The molecule has 0 radical (unpaired) electrons. The third-order valence-electron chi connectivity index (χ3n) is 1.97. The molecule has 0 spiro atoms. The van der Waals surface area contributed by atoms with Crippen LogP contribution in [0.15, 0.2) is 0 Å². The van der Waals surface area contributed by atoms with Gasteiger partial charge in [-0.3, -0.25) is 19.3 Å². The quantitative estimate of drug-likeness (QED) is 0.360. The summed E-state index contributed by atoms with van der Waals surface area (Å²) in [5.74, 6) is -1.30. The molecule has 0 aromatic rings. The zero-order valence-corrected chi connectivity index (χ0v) is 9.56. The Kier molecular flexibility index (Phi) is 3.85. The highest BCUT2D eigenvalue weighted by Gasteiger charge is 2.33. The fourth-order valence-electron chi connectivity index (χ4n) is 1.28. The molecule has 0 aromatic heterocycles. The normalized spacial score (nSPS) is 18.8. The van der Waals surface area contributed by atoms with Crippen LogP contribution < -0.4 is 0 Å². The highest BCUT2D eigenvalue weighted by Crippen LogP contribution is 2.22. The molecule has 0 aliphatic carbocycles. The highest BCUT2D eigenvalue weighted by molar-refractivity contribution is 14.1. The number of carboxylic acids is 1. The Bertz CT molecular complexity index is 263. The van der Waals surface area contributed by atoms with E-state index in [2.05, 4.69) is 0 Å². The average molecular weight is 311 g/mol. The van der Waals surface area contributed by atoms with Gasteiger partial charge in [0.15, 0.2) is 0 Å². The fourth-order valence-corrected chi connectivity index (χ4v) is 2.21. The van der Waals surface area contributed by atoms with E-state index in [4.69, 9.17) is 5.11 Å². The van der Waals surface area contributed by atoms with Crippen molar-refractivity contribution in [3.05, 3.63) is 0 Å². The monoisotopic (exact) mass is 311 g/mol. The van der Waals surface area contributed by atoms with Crippen LogP contribution >= 0.6 is 22.6 Å². The molecule has 1 fully saturated rings. The molecular weight excluding hydrogens is 301 g/mol. The van der Waals surface area contributed by atoms with Gasteiger partial charge in [0.25, 0.3) is 0 Å². The predicted molar refractivity (Wildman–Crippen MR) is 55.8 cm³/mol. The number of nitrogens with zero attached hydrogens (tertiary/aromatic N) is 1. The molecule has 5 nitrogen and oxygen atoms in total. The maximum atomic E-state index is 11.2. The Labute approximate surface area is 94.6 Å². The molecule has 1 N–H and O–H groups in total. The lowest BCUT2D eigenvalue weighted by atomic mass is 10.3. The van der Waals surface area contributed by atoms with Crippen molar-refractivity contribution in [1.82, 2.24) is 4.90 Å². The van der Waals surface area contributed by atoms with E-state index in [-0.39, 0.29) is 35.1 Å². The summed E-state index contributed by atoms with van der Waals surface area (Å²) in [6.45, 7) is 0. The van der Waals surface area contributed by atoms with E-state index in [1.54, 1.807) is 0 Å². The second-order valence-electron chi connectivity index (χ2n) is 3.02. The fraction of sp³-hybridized carbons (Fsp3) is 0.625. The zero-order chi connectivity index (χ0) is 10.7. The molecule has 1 heterocycles. The number of aliphatic carboxylic acids is 1. The molecule has 1 saturated heterocycles. The van der Waals surface area contributed by atoms with Gasteiger partial charge in [0.2, 0.25) is 11.8 Å². The summed E-state index contributed by atoms with van der Waals surface area (Å²) in [5, 5.41) is 8.45. The van der Waals surface area contributed by atoms with Gasteiger partial charge in [0, 0.05) is 19.3 Å². The maximum absolute atomic E-state index is 11.2. The Morgan fingerprint density at radius 3 is 2.36 bits per heavy atom.